The quantitative estimate of drug-likeness (QED) is 0.878. The minimum Gasteiger partial charge on any atom is -0.352 e. The third kappa shape index (κ3) is 4.51. The average molecular weight is 321 g/mol. The first-order chi connectivity index (χ1) is 10.9. The zero-order chi connectivity index (χ0) is 17.0. The van der Waals surface area contributed by atoms with E-state index in [2.05, 4.69) is 5.32 Å². The van der Waals surface area contributed by atoms with Crippen LogP contribution < -0.4 is 11.1 Å². The molecule has 1 aromatic carbocycles. The van der Waals surface area contributed by atoms with Crippen molar-refractivity contribution < 1.29 is 14.0 Å². The molecule has 126 valence electrons. The molecule has 23 heavy (non-hydrogen) atoms. The number of piperidine rings is 1. The van der Waals surface area contributed by atoms with Crippen molar-refractivity contribution in [2.75, 3.05) is 13.1 Å². The highest BCUT2D eigenvalue weighted by molar-refractivity contribution is 5.82. The molecule has 0 saturated carbocycles. The first kappa shape index (κ1) is 17.4. The lowest BCUT2D eigenvalue weighted by Crippen LogP contribution is -2.47. The van der Waals surface area contributed by atoms with Gasteiger partial charge in [0.15, 0.2) is 0 Å². The van der Waals surface area contributed by atoms with Crippen molar-refractivity contribution in [2.45, 2.75) is 39.3 Å². The van der Waals surface area contributed by atoms with Crippen LogP contribution in [-0.2, 0) is 16.1 Å². The molecule has 1 aliphatic heterocycles. The summed E-state index contributed by atoms with van der Waals surface area (Å²) in [5.74, 6) is -0.486. The van der Waals surface area contributed by atoms with Crippen molar-refractivity contribution in [3.8, 4) is 0 Å². The first-order valence-corrected chi connectivity index (χ1v) is 7.95. The lowest BCUT2D eigenvalue weighted by Gasteiger charge is -2.32. The van der Waals surface area contributed by atoms with E-state index >= 15 is 0 Å². The molecular weight excluding hydrogens is 297 g/mol. The summed E-state index contributed by atoms with van der Waals surface area (Å²) in [6.45, 7) is 4.79. The number of carbonyl (C=O) groups excluding carboxylic acids is 2. The number of benzene rings is 1. The van der Waals surface area contributed by atoms with E-state index in [0.29, 0.717) is 38.0 Å². The van der Waals surface area contributed by atoms with Gasteiger partial charge in [-0.25, -0.2) is 4.39 Å². The summed E-state index contributed by atoms with van der Waals surface area (Å²) in [4.78, 5) is 25.7. The Morgan fingerprint density at radius 1 is 1.39 bits per heavy atom. The molecule has 1 aromatic rings. The zero-order valence-corrected chi connectivity index (χ0v) is 13.6. The van der Waals surface area contributed by atoms with Gasteiger partial charge in [0, 0.05) is 25.6 Å². The molecule has 0 spiro atoms. The molecule has 5 nitrogen and oxygen atoms in total. The lowest BCUT2D eigenvalue weighted by atomic mass is 9.95. The van der Waals surface area contributed by atoms with E-state index < -0.39 is 6.04 Å². The van der Waals surface area contributed by atoms with Crippen LogP contribution in [0.15, 0.2) is 18.2 Å². The summed E-state index contributed by atoms with van der Waals surface area (Å²) in [5.41, 5.74) is 6.93. The van der Waals surface area contributed by atoms with Crippen molar-refractivity contribution in [3.05, 3.63) is 35.1 Å². The van der Waals surface area contributed by atoms with Crippen LogP contribution >= 0.6 is 0 Å². The Balaban J connectivity index is 1.81. The fourth-order valence-corrected chi connectivity index (χ4v) is 2.73. The van der Waals surface area contributed by atoms with Gasteiger partial charge in [0.1, 0.15) is 5.82 Å². The number of nitrogens with one attached hydrogen (secondary N) is 1. The highest BCUT2D eigenvalue weighted by Gasteiger charge is 2.28. The predicted octanol–water partition coefficient (Wildman–Crippen LogP) is 1.34. The van der Waals surface area contributed by atoms with E-state index in [0.717, 1.165) is 5.56 Å². The molecular formula is C17H24FN3O2. The van der Waals surface area contributed by atoms with Crippen LogP contribution in [0.4, 0.5) is 4.39 Å². The van der Waals surface area contributed by atoms with Gasteiger partial charge in [0.25, 0.3) is 0 Å². The van der Waals surface area contributed by atoms with Crippen LogP contribution in [0.5, 0.6) is 0 Å². The molecule has 1 fully saturated rings. The van der Waals surface area contributed by atoms with Crippen LogP contribution in [-0.4, -0.2) is 35.8 Å². The Hall–Kier alpha value is -1.95. The summed E-state index contributed by atoms with van der Waals surface area (Å²) in [6.07, 6.45) is 1.26. The molecule has 0 unspecified atom stereocenters. The Labute approximate surface area is 136 Å². The van der Waals surface area contributed by atoms with Gasteiger partial charge in [-0.3, -0.25) is 9.59 Å². The Morgan fingerprint density at radius 3 is 2.61 bits per heavy atom. The van der Waals surface area contributed by atoms with E-state index in [4.69, 9.17) is 5.73 Å². The van der Waals surface area contributed by atoms with Gasteiger partial charge in [0.05, 0.1) is 6.04 Å². The largest absolute Gasteiger partial charge is 0.352 e. The molecule has 0 aromatic heterocycles. The van der Waals surface area contributed by atoms with E-state index in [1.807, 2.05) is 6.07 Å². The number of nitrogens with two attached hydrogens (primary N) is 1. The van der Waals surface area contributed by atoms with E-state index in [1.54, 1.807) is 24.8 Å². The van der Waals surface area contributed by atoms with Crippen molar-refractivity contribution in [1.82, 2.24) is 10.2 Å². The number of hydrogen-bond donors (Lipinski definition) is 2. The minimum atomic E-state index is -0.503. The second kappa shape index (κ2) is 7.55. The monoisotopic (exact) mass is 321 g/mol. The van der Waals surface area contributed by atoms with Gasteiger partial charge in [-0.1, -0.05) is 12.1 Å². The van der Waals surface area contributed by atoms with Crippen LogP contribution in [0.2, 0.25) is 0 Å². The molecule has 1 atom stereocenters. The van der Waals surface area contributed by atoms with Gasteiger partial charge in [0.2, 0.25) is 11.8 Å². The normalized spacial score (nSPS) is 17.0. The molecule has 1 heterocycles. The van der Waals surface area contributed by atoms with Crippen molar-refractivity contribution in [1.29, 1.82) is 0 Å². The molecule has 2 rings (SSSR count). The number of aryl methyl sites for hydroxylation is 1. The summed E-state index contributed by atoms with van der Waals surface area (Å²) < 4.78 is 13.5. The standard InChI is InChI=1S/C17H24FN3O2/c1-11-3-4-13(9-15(11)18)10-20-16(22)14-5-7-21(8-6-14)17(23)12(2)19/h3-4,9,12,14H,5-8,10,19H2,1-2H3,(H,20,22)/t12-/m1/s1. The number of halogens is 1. The summed E-state index contributed by atoms with van der Waals surface area (Å²) in [5, 5.41) is 2.85. The van der Waals surface area contributed by atoms with Crippen LogP contribution in [0.25, 0.3) is 0 Å². The zero-order valence-electron chi connectivity index (χ0n) is 13.6. The number of nitrogens with zero attached hydrogens (tertiary/aromatic N) is 1. The van der Waals surface area contributed by atoms with E-state index in [1.165, 1.54) is 6.07 Å². The average Bonchev–Trinajstić information content (AvgIpc) is 2.55. The molecule has 0 bridgehead atoms. The van der Waals surface area contributed by atoms with E-state index in [-0.39, 0.29) is 23.5 Å². The van der Waals surface area contributed by atoms with Crippen molar-refractivity contribution >= 4 is 11.8 Å². The second-order valence-electron chi connectivity index (χ2n) is 6.19. The SMILES string of the molecule is Cc1ccc(CNC(=O)C2CCN(C(=O)[C@@H](C)N)CC2)cc1F. The summed E-state index contributed by atoms with van der Waals surface area (Å²) in [6, 6.07) is 4.45. The molecule has 0 radical (unpaired) electrons. The van der Waals surface area contributed by atoms with Crippen LogP contribution in [0.3, 0.4) is 0 Å². The topological polar surface area (TPSA) is 75.4 Å². The second-order valence-corrected chi connectivity index (χ2v) is 6.19. The molecule has 2 amide bonds. The summed E-state index contributed by atoms with van der Waals surface area (Å²) in [7, 11) is 0. The molecule has 1 saturated heterocycles. The smallest absolute Gasteiger partial charge is 0.239 e. The minimum absolute atomic E-state index is 0.0427. The highest BCUT2D eigenvalue weighted by atomic mass is 19.1. The first-order valence-electron chi connectivity index (χ1n) is 7.95. The third-order valence-corrected chi connectivity index (χ3v) is 4.27. The van der Waals surface area contributed by atoms with Crippen molar-refractivity contribution in [3.63, 3.8) is 0 Å². The Kier molecular flexibility index (Phi) is 5.71. The third-order valence-electron chi connectivity index (χ3n) is 4.27. The van der Waals surface area contributed by atoms with Gasteiger partial charge < -0.3 is 16.0 Å². The molecule has 1 aliphatic rings. The molecule has 6 heteroatoms. The van der Waals surface area contributed by atoms with Gasteiger partial charge in [-0.05, 0) is 43.9 Å². The van der Waals surface area contributed by atoms with Crippen LogP contribution in [0.1, 0.15) is 30.9 Å². The Bertz CT molecular complexity index is 581. The highest BCUT2D eigenvalue weighted by Crippen LogP contribution is 2.18. The van der Waals surface area contributed by atoms with Crippen molar-refractivity contribution in [2.24, 2.45) is 11.7 Å². The van der Waals surface area contributed by atoms with E-state index in [9.17, 15) is 14.0 Å². The molecule has 3 N–H and O–H groups in total. The number of carbonyl (C=O) groups is 2. The van der Waals surface area contributed by atoms with Gasteiger partial charge in [-0.15, -0.1) is 0 Å². The Morgan fingerprint density at radius 2 is 2.04 bits per heavy atom. The number of rotatable bonds is 4. The van der Waals surface area contributed by atoms with Gasteiger partial charge >= 0.3 is 0 Å². The predicted molar refractivity (Wildman–Crippen MR) is 85.9 cm³/mol. The molecule has 0 aliphatic carbocycles. The number of hydrogen-bond acceptors (Lipinski definition) is 3. The summed E-state index contributed by atoms with van der Waals surface area (Å²) >= 11 is 0. The lowest BCUT2D eigenvalue weighted by molar-refractivity contribution is -0.136. The maximum Gasteiger partial charge on any atom is 0.239 e. The number of likely N-dealkylation sites (tertiary alicyclic amines) is 1. The maximum absolute atomic E-state index is 13.5. The number of amides is 2. The fraction of sp³-hybridized carbons (Fsp3) is 0.529. The van der Waals surface area contributed by atoms with Gasteiger partial charge in [-0.2, -0.15) is 0 Å². The van der Waals surface area contributed by atoms with Crippen LogP contribution in [0, 0.1) is 18.7 Å². The fourth-order valence-electron chi connectivity index (χ4n) is 2.73. The maximum atomic E-state index is 13.5.